The summed E-state index contributed by atoms with van der Waals surface area (Å²) in [6.07, 6.45) is 2.57. The molecule has 2 aliphatic rings. The third-order valence-electron chi connectivity index (χ3n) is 5.36. The Morgan fingerprint density at radius 2 is 2.04 bits per heavy atom. The molecule has 0 saturated carbocycles. The van der Waals surface area contributed by atoms with Gasteiger partial charge < -0.3 is 24.4 Å². The zero-order valence-electron chi connectivity index (χ0n) is 17.4. The Morgan fingerprint density at radius 1 is 1.21 bits per heavy atom. The number of guanidine groups is 1. The number of nitrogens with zero attached hydrogens (tertiary/aromatic N) is 3. The molecule has 7 heteroatoms. The van der Waals surface area contributed by atoms with Crippen LogP contribution in [-0.4, -0.2) is 82.0 Å². The predicted molar refractivity (Wildman–Crippen MR) is 111 cm³/mol. The summed E-state index contributed by atoms with van der Waals surface area (Å²) >= 11 is 0. The first-order chi connectivity index (χ1) is 13.7. The molecule has 0 spiro atoms. The summed E-state index contributed by atoms with van der Waals surface area (Å²) in [7, 11) is 3.42. The van der Waals surface area contributed by atoms with E-state index in [-0.39, 0.29) is 6.10 Å². The lowest BCUT2D eigenvalue weighted by Gasteiger charge is -2.36. The molecule has 2 fully saturated rings. The molecule has 0 aromatic heterocycles. The number of hydrogen-bond acceptors (Lipinski definition) is 5. The summed E-state index contributed by atoms with van der Waals surface area (Å²) in [5.74, 6) is 2.79. The predicted octanol–water partition coefficient (Wildman–Crippen LogP) is 1.97. The molecule has 0 radical (unpaired) electrons. The molecule has 7 nitrogen and oxygen atoms in total. The minimum absolute atomic E-state index is 0.287. The highest BCUT2D eigenvalue weighted by Gasteiger charge is 2.22. The van der Waals surface area contributed by atoms with Crippen molar-refractivity contribution in [1.82, 2.24) is 15.1 Å². The molecular formula is C21H34N4O3. The average Bonchev–Trinajstić information content (AvgIpc) is 3.25. The minimum atomic E-state index is 0.287. The molecule has 2 aliphatic heterocycles. The fourth-order valence-corrected chi connectivity index (χ4v) is 3.77. The zero-order chi connectivity index (χ0) is 19.8. The second-order valence-electron chi connectivity index (χ2n) is 7.27. The van der Waals surface area contributed by atoms with Gasteiger partial charge in [-0.1, -0.05) is 0 Å². The van der Waals surface area contributed by atoms with Crippen LogP contribution in [0.2, 0.25) is 0 Å². The van der Waals surface area contributed by atoms with Crippen LogP contribution in [0.3, 0.4) is 0 Å². The Kier molecular flexibility index (Phi) is 7.80. The van der Waals surface area contributed by atoms with Crippen molar-refractivity contribution < 1.29 is 14.2 Å². The molecule has 1 unspecified atom stereocenters. The summed E-state index contributed by atoms with van der Waals surface area (Å²) in [4.78, 5) is 9.64. The second kappa shape index (κ2) is 10.5. The molecule has 1 N–H and O–H groups in total. The summed E-state index contributed by atoms with van der Waals surface area (Å²) < 4.78 is 16.6. The molecule has 0 amide bonds. The quantitative estimate of drug-likeness (QED) is 0.567. The van der Waals surface area contributed by atoms with Gasteiger partial charge >= 0.3 is 0 Å². The first kappa shape index (κ1) is 20.7. The van der Waals surface area contributed by atoms with Gasteiger partial charge in [-0.3, -0.25) is 9.89 Å². The number of nitrogens with one attached hydrogen (secondary N) is 1. The van der Waals surface area contributed by atoms with Gasteiger partial charge in [-0.05, 0) is 38.0 Å². The number of rotatable bonds is 7. The van der Waals surface area contributed by atoms with E-state index in [4.69, 9.17) is 19.2 Å². The molecule has 0 bridgehead atoms. The van der Waals surface area contributed by atoms with Gasteiger partial charge in [0.15, 0.2) is 5.96 Å². The third-order valence-corrected chi connectivity index (χ3v) is 5.36. The Labute approximate surface area is 168 Å². The summed E-state index contributed by atoms with van der Waals surface area (Å²) in [5.41, 5.74) is 1.16. The molecule has 0 aliphatic carbocycles. The number of hydrogen-bond donors (Lipinski definition) is 1. The van der Waals surface area contributed by atoms with Crippen LogP contribution in [0.4, 0.5) is 0 Å². The highest BCUT2D eigenvalue weighted by Crippen LogP contribution is 2.25. The van der Waals surface area contributed by atoms with Crippen molar-refractivity contribution in [3.63, 3.8) is 0 Å². The molecular weight excluding hydrogens is 356 g/mol. The summed E-state index contributed by atoms with van der Waals surface area (Å²) in [6, 6.07) is 5.98. The van der Waals surface area contributed by atoms with E-state index in [1.165, 1.54) is 0 Å². The Bertz CT molecular complexity index is 639. The van der Waals surface area contributed by atoms with Crippen molar-refractivity contribution in [1.29, 1.82) is 0 Å². The van der Waals surface area contributed by atoms with Gasteiger partial charge in [-0.25, -0.2) is 0 Å². The van der Waals surface area contributed by atoms with Gasteiger partial charge in [0.05, 0.1) is 26.9 Å². The van der Waals surface area contributed by atoms with Crippen molar-refractivity contribution in [2.45, 2.75) is 32.4 Å². The lowest BCUT2D eigenvalue weighted by Crippen LogP contribution is -2.52. The monoisotopic (exact) mass is 390 g/mol. The Morgan fingerprint density at radius 3 is 2.68 bits per heavy atom. The van der Waals surface area contributed by atoms with Gasteiger partial charge in [0, 0.05) is 51.4 Å². The van der Waals surface area contributed by atoms with Crippen molar-refractivity contribution in [3.05, 3.63) is 23.8 Å². The number of ether oxygens (including phenoxy) is 3. The van der Waals surface area contributed by atoms with Crippen molar-refractivity contribution >= 4 is 5.96 Å². The number of methoxy groups -OCH3 is 2. The zero-order valence-corrected chi connectivity index (χ0v) is 17.4. The van der Waals surface area contributed by atoms with Crippen LogP contribution in [0.5, 0.6) is 11.5 Å². The van der Waals surface area contributed by atoms with Gasteiger partial charge in [0.25, 0.3) is 0 Å². The van der Waals surface area contributed by atoms with Crippen molar-refractivity contribution in [3.8, 4) is 11.5 Å². The van der Waals surface area contributed by atoms with E-state index in [9.17, 15) is 0 Å². The highest BCUT2D eigenvalue weighted by molar-refractivity contribution is 5.80. The highest BCUT2D eigenvalue weighted by atomic mass is 16.5. The fraction of sp³-hybridized carbons (Fsp3) is 0.667. The van der Waals surface area contributed by atoms with Crippen LogP contribution in [0.15, 0.2) is 23.2 Å². The van der Waals surface area contributed by atoms with E-state index in [0.29, 0.717) is 0 Å². The van der Waals surface area contributed by atoms with E-state index in [1.807, 2.05) is 12.1 Å². The largest absolute Gasteiger partial charge is 0.497 e. The van der Waals surface area contributed by atoms with Crippen molar-refractivity contribution in [2.24, 2.45) is 4.99 Å². The fourth-order valence-electron chi connectivity index (χ4n) is 3.77. The minimum Gasteiger partial charge on any atom is -0.497 e. The van der Waals surface area contributed by atoms with E-state index < -0.39 is 0 Å². The number of benzene rings is 1. The standard InChI is InChI=1S/C21H34N4O3/c1-4-22-21(23-15-19-6-5-13-28-19)25-11-9-24(10-12-25)16-17-14-18(26-2)7-8-20(17)27-3/h7-8,14,19H,4-6,9-13,15-16H2,1-3H3,(H,22,23). The van der Waals surface area contributed by atoms with Crippen LogP contribution in [0.1, 0.15) is 25.3 Å². The van der Waals surface area contributed by atoms with Gasteiger partial charge in [0.2, 0.25) is 0 Å². The van der Waals surface area contributed by atoms with Gasteiger partial charge in [0.1, 0.15) is 11.5 Å². The molecule has 2 saturated heterocycles. The van der Waals surface area contributed by atoms with Crippen LogP contribution >= 0.6 is 0 Å². The third kappa shape index (κ3) is 5.52. The van der Waals surface area contributed by atoms with E-state index >= 15 is 0 Å². The maximum atomic E-state index is 5.71. The topological polar surface area (TPSA) is 58.6 Å². The Balaban J connectivity index is 1.56. The van der Waals surface area contributed by atoms with Gasteiger partial charge in [-0.2, -0.15) is 0 Å². The van der Waals surface area contributed by atoms with E-state index in [0.717, 1.165) is 88.3 Å². The molecule has 3 rings (SSSR count). The first-order valence-electron chi connectivity index (χ1n) is 10.3. The molecule has 1 atom stereocenters. The number of aliphatic imine (C=N–C) groups is 1. The van der Waals surface area contributed by atoms with Crippen LogP contribution in [-0.2, 0) is 11.3 Å². The maximum absolute atomic E-state index is 5.71. The lowest BCUT2D eigenvalue weighted by molar-refractivity contribution is 0.117. The molecule has 2 heterocycles. The van der Waals surface area contributed by atoms with E-state index in [1.54, 1.807) is 14.2 Å². The molecule has 28 heavy (non-hydrogen) atoms. The SMILES string of the molecule is CCNC(=NCC1CCCO1)N1CCN(Cc2cc(OC)ccc2OC)CC1. The lowest BCUT2D eigenvalue weighted by atomic mass is 10.1. The van der Waals surface area contributed by atoms with E-state index in [2.05, 4.69) is 28.1 Å². The Hall–Kier alpha value is -1.99. The molecule has 156 valence electrons. The summed E-state index contributed by atoms with van der Waals surface area (Å²) in [6.45, 7) is 9.39. The van der Waals surface area contributed by atoms with Crippen molar-refractivity contribution in [2.75, 3.05) is 60.1 Å². The number of piperazine rings is 1. The van der Waals surface area contributed by atoms with Crippen LogP contribution in [0, 0.1) is 0 Å². The molecule has 1 aromatic rings. The van der Waals surface area contributed by atoms with Crippen LogP contribution < -0.4 is 14.8 Å². The smallest absolute Gasteiger partial charge is 0.194 e. The summed E-state index contributed by atoms with van der Waals surface area (Å²) in [5, 5.41) is 3.44. The van der Waals surface area contributed by atoms with Crippen LogP contribution in [0.25, 0.3) is 0 Å². The first-order valence-corrected chi connectivity index (χ1v) is 10.3. The molecule has 1 aromatic carbocycles. The maximum Gasteiger partial charge on any atom is 0.194 e. The second-order valence-corrected chi connectivity index (χ2v) is 7.27. The van der Waals surface area contributed by atoms with Gasteiger partial charge in [-0.15, -0.1) is 0 Å². The normalized spacial score (nSPS) is 21.0. The average molecular weight is 391 g/mol.